The molecule has 2 aromatic heterocycles. The maximum atomic E-state index is 12.6. The molecule has 0 aliphatic carbocycles. The van der Waals surface area contributed by atoms with Crippen molar-refractivity contribution in [3.8, 4) is 17.4 Å². The number of fused-ring (bicyclic) bond motifs is 1. The molecule has 0 saturated heterocycles. The van der Waals surface area contributed by atoms with Gasteiger partial charge in [0.15, 0.2) is 5.82 Å². The maximum absolute atomic E-state index is 12.6. The third kappa shape index (κ3) is 4.32. The number of benzene rings is 3. The van der Waals surface area contributed by atoms with Crippen LogP contribution < -0.4 is 10.1 Å². The third-order valence-electron chi connectivity index (χ3n) is 4.99. The van der Waals surface area contributed by atoms with Crippen LogP contribution in [0.2, 0.25) is 0 Å². The van der Waals surface area contributed by atoms with Gasteiger partial charge in [0.2, 0.25) is 11.8 Å². The molecule has 0 aliphatic heterocycles. The topological polar surface area (TPSA) is 81.9 Å². The minimum Gasteiger partial charge on any atom is -0.438 e. The molecule has 0 atom stereocenters. The number of aromatic nitrogens is 4. The van der Waals surface area contributed by atoms with E-state index in [1.54, 1.807) is 59.7 Å². The van der Waals surface area contributed by atoms with Crippen LogP contribution in [-0.4, -0.2) is 25.7 Å². The lowest BCUT2D eigenvalue weighted by Gasteiger charge is -2.09. The molecule has 0 fully saturated rings. The molecule has 1 amide bonds. The van der Waals surface area contributed by atoms with Crippen molar-refractivity contribution >= 4 is 22.4 Å². The molecule has 0 radical (unpaired) electrons. The molecule has 0 spiro atoms. The molecule has 7 heteroatoms. The number of ether oxygens (including phenoxy) is 1. The predicted molar refractivity (Wildman–Crippen MR) is 122 cm³/mol. The van der Waals surface area contributed by atoms with Gasteiger partial charge in [-0.15, -0.1) is 10.2 Å². The second-order valence-electron chi connectivity index (χ2n) is 7.19. The highest BCUT2D eigenvalue weighted by molar-refractivity contribution is 5.96. The molecule has 5 rings (SSSR count). The van der Waals surface area contributed by atoms with Crippen LogP contribution in [0.4, 0.5) is 5.69 Å². The monoisotopic (exact) mass is 421 g/mol. The van der Waals surface area contributed by atoms with Gasteiger partial charge in [-0.25, -0.2) is 4.98 Å². The Balaban J connectivity index is 1.21. The van der Waals surface area contributed by atoms with E-state index in [2.05, 4.69) is 20.5 Å². The number of hydrogen-bond donors (Lipinski definition) is 1. The van der Waals surface area contributed by atoms with Gasteiger partial charge in [-0.05, 0) is 46.7 Å². The third-order valence-corrected chi connectivity index (χ3v) is 4.99. The molecular formula is C25H19N5O2. The normalized spacial score (nSPS) is 10.8. The summed E-state index contributed by atoms with van der Waals surface area (Å²) in [7, 11) is 0. The van der Waals surface area contributed by atoms with E-state index in [0.29, 0.717) is 29.6 Å². The number of carbonyl (C=O) groups excluding carboxylic acids is 1. The number of imidazole rings is 1. The lowest BCUT2D eigenvalue weighted by Crippen LogP contribution is -2.14. The molecule has 0 saturated carbocycles. The van der Waals surface area contributed by atoms with Crippen molar-refractivity contribution in [1.82, 2.24) is 19.7 Å². The summed E-state index contributed by atoms with van der Waals surface area (Å²) < 4.78 is 7.50. The predicted octanol–water partition coefficient (Wildman–Crippen LogP) is 4.79. The first-order valence-electron chi connectivity index (χ1n) is 10.1. The van der Waals surface area contributed by atoms with Crippen LogP contribution >= 0.6 is 0 Å². The van der Waals surface area contributed by atoms with Crippen molar-refractivity contribution in [3.63, 3.8) is 0 Å². The average molecular weight is 421 g/mol. The molecule has 2 heterocycles. The lowest BCUT2D eigenvalue weighted by molar-refractivity contribution is -0.115. The molecule has 7 nitrogen and oxygen atoms in total. The van der Waals surface area contributed by atoms with Gasteiger partial charge in [0.1, 0.15) is 12.1 Å². The number of nitrogens with zero attached hydrogens (tertiary/aromatic N) is 4. The molecule has 1 N–H and O–H groups in total. The van der Waals surface area contributed by atoms with Gasteiger partial charge in [-0.2, -0.15) is 0 Å². The Morgan fingerprint density at radius 1 is 0.906 bits per heavy atom. The van der Waals surface area contributed by atoms with Crippen LogP contribution in [0.15, 0.2) is 97.6 Å². The summed E-state index contributed by atoms with van der Waals surface area (Å²) in [6.45, 7) is 0. The van der Waals surface area contributed by atoms with Gasteiger partial charge in [0.05, 0.1) is 6.42 Å². The van der Waals surface area contributed by atoms with Crippen molar-refractivity contribution < 1.29 is 9.53 Å². The molecule has 5 aromatic rings. The summed E-state index contributed by atoms with van der Waals surface area (Å²) in [4.78, 5) is 16.6. The van der Waals surface area contributed by atoms with E-state index < -0.39 is 0 Å². The highest BCUT2D eigenvalue weighted by atomic mass is 16.5. The number of hydrogen-bond acceptors (Lipinski definition) is 5. The SMILES string of the molecule is O=C(Cc1cccc2ccccc12)Nc1ccc(Oc2ccc(-n3ccnc3)nn2)cc1. The highest BCUT2D eigenvalue weighted by Gasteiger charge is 2.08. The lowest BCUT2D eigenvalue weighted by atomic mass is 10.0. The van der Waals surface area contributed by atoms with E-state index in [0.717, 1.165) is 16.3 Å². The van der Waals surface area contributed by atoms with Gasteiger partial charge in [0, 0.05) is 24.1 Å². The van der Waals surface area contributed by atoms with Crippen LogP contribution in [0, 0.1) is 0 Å². The smallest absolute Gasteiger partial charge is 0.238 e. The van der Waals surface area contributed by atoms with E-state index in [-0.39, 0.29) is 5.91 Å². The Morgan fingerprint density at radius 3 is 2.53 bits per heavy atom. The molecule has 0 unspecified atom stereocenters. The number of amides is 1. The zero-order valence-corrected chi connectivity index (χ0v) is 17.1. The van der Waals surface area contributed by atoms with Crippen molar-refractivity contribution in [2.75, 3.05) is 5.32 Å². The summed E-state index contributed by atoms with van der Waals surface area (Å²) in [5.74, 6) is 1.55. The summed E-state index contributed by atoms with van der Waals surface area (Å²) in [5.41, 5.74) is 1.70. The van der Waals surface area contributed by atoms with Gasteiger partial charge in [-0.3, -0.25) is 9.36 Å². The second kappa shape index (κ2) is 8.69. The van der Waals surface area contributed by atoms with Crippen molar-refractivity contribution in [1.29, 1.82) is 0 Å². The van der Waals surface area contributed by atoms with E-state index in [9.17, 15) is 4.79 Å². The molecule has 3 aromatic carbocycles. The molecular weight excluding hydrogens is 402 g/mol. The van der Waals surface area contributed by atoms with Gasteiger partial charge in [-0.1, -0.05) is 42.5 Å². The summed E-state index contributed by atoms with van der Waals surface area (Å²) in [6.07, 6.45) is 5.42. The molecule has 156 valence electrons. The summed E-state index contributed by atoms with van der Waals surface area (Å²) in [5, 5.41) is 13.4. The summed E-state index contributed by atoms with van der Waals surface area (Å²) in [6, 6.07) is 24.7. The zero-order chi connectivity index (χ0) is 21.8. The first-order valence-corrected chi connectivity index (χ1v) is 10.1. The van der Waals surface area contributed by atoms with Crippen LogP contribution in [0.1, 0.15) is 5.56 Å². The minimum absolute atomic E-state index is 0.0732. The zero-order valence-electron chi connectivity index (χ0n) is 17.1. The first-order chi connectivity index (χ1) is 15.7. The fourth-order valence-electron chi connectivity index (χ4n) is 3.45. The van der Waals surface area contributed by atoms with Crippen molar-refractivity contribution in [2.24, 2.45) is 0 Å². The number of nitrogens with one attached hydrogen (secondary N) is 1. The van der Waals surface area contributed by atoms with Gasteiger partial charge < -0.3 is 10.1 Å². The molecule has 32 heavy (non-hydrogen) atoms. The van der Waals surface area contributed by atoms with Gasteiger partial charge in [0.25, 0.3) is 0 Å². The molecule has 0 bridgehead atoms. The highest BCUT2D eigenvalue weighted by Crippen LogP contribution is 2.23. The van der Waals surface area contributed by atoms with Crippen molar-refractivity contribution in [3.05, 3.63) is 103 Å². The fraction of sp³-hybridized carbons (Fsp3) is 0.0400. The Kier molecular flexibility index (Phi) is 5.28. The standard InChI is InChI=1S/C25H19N5O2/c31-24(16-19-6-3-5-18-4-1-2-7-22(18)19)27-20-8-10-21(11-9-20)32-25-13-12-23(28-29-25)30-15-14-26-17-30/h1-15,17H,16H2,(H,27,31). The van der Waals surface area contributed by atoms with Crippen LogP contribution in [0.3, 0.4) is 0 Å². The summed E-state index contributed by atoms with van der Waals surface area (Å²) >= 11 is 0. The number of rotatable bonds is 6. The Morgan fingerprint density at radius 2 is 1.75 bits per heavy atom. The van der Waals surface area contributed by atoms with E-state index in [4.69, 9.17) is 4.74 Å². The van der Waals surface area contributed by atoms with Crippen LogP contribution in [-0.2, 0) is 11.2 Å². The van der Waals surface area contributed by atoms with Crippen molar-refractivity contribution in [2.45, 2.75) is 6.42 Å². The maximum Gasteiger partial charge on any atom is 0.238 e. The Labute approximate surface area is 184 Å². The van der Waals surface area contributed by atoms with E-state index >= 15 is 0 Å². The molecule has 0 aliphatic rings. The minimum atomic E-state index is -0.0732. The van der Waals surface area contributed by atoms with Crippen LogP contribution in [0.25, 0.3) is 16.6 Å². The number of carbonyl (C=O) groups is 1. The number of anilines is 1. The first kappa shape index (κ1) is 19.4. The van der Waals surface area contributed by atoms with Gasteiger partial charge >= 0.3 is 0 Å². The van der Waals surface area contributed by atoms with E-state index in [1.807, 2.05) is 42.5 Å². The van der Waals surface area contributed by atoms with Crippen LogP contribution in [0.5, 0.6) is 11.6 Å². The second-order valence-corrected chi connectivity index (χ2v) is 7.19. The Hall–Kier alpha value is -4.52. The van der Waals surface area contributed by atoms with E-state index in [1.165, 1.54) is 0 Å². The fourth-order valence-corrected chi connectivity index (χ4v) is 3.45. The average Bonchev–Trinajstić information content (AvgIpc) is 3.36. The largest absolute Gasteiger partial charge is 0.438 e. The quantitative estimate of drug-likeness (QED) is 0.426. The Bertz CT molecular complexity index is 1340.